The number of hydrogen-bond acceptors (Lipinski definition) is 2. The standard InChI is InChI=1S/C17H20BrNO/c1-19-15(12-14-7-3-4-9-17(14)18)10-13-6-5-8-16(11-13)20-2/h3-9,11,15,19H,10,12H2,1-2H3. The number of hydrogen-bond donors (Lipinski definition) is 1. The molecule has 1 unspecified atom stereocenters. The third-order valence-corrected chi connectivity index (χ3v) is 4.22. The van der Waals surface area contributed by atoms with Crippen LogP contribution < -0.4 is 10.1 Å². The average molecular weight is 334 g/mol. The van der Waals surface area contributed by atoms with Crippen molar-refractivity contribution >= 4 is 15.9 Å². The summed E-state index contributed by atoms with van der Waals surface area (Å²) in [5.74, 6) is 0.915. The number of nitrogens with one attached hydrogen (secondary N) is 1. The Morgan fingerprint density at radius 3 is 2.60 bits per heavy atom. The molecule has 0 saturated carbocycles. The van der Waals surface area contributed by atoms with Gasteiger partial charge in [0.1, 0.15) is 5.75 Å². The molecule has 0 aromatic heterocycles. The molecule has 2 rings (SSSR count). The van der Waals surface area contributed by atoms with Gasteiger partial charge in [0.05, 0.1) is 7.11 Å². The summed E-state index contributed by atoms with van der Waals surface area (Å²) in [5, 5.41) is 3.40. The molecule has 2 aromatic rings. The van der Waals surface area contributed by atoms with E-state index in [-0.39, 0.29) is 0 Å². The van der Waals surface area contributed by atoms with Crippen LogP contribution in [0.3, 0.4) is 0 Å². The Balaban J connectivity index is 2.07. The van der Waals surface area contributed by atoms with Crippen molar-refractivity contribution in [2.24, 2.45) is 0 Å². The zero-order chi connectivity index (χ0) is 14.4. The summed E-state index contributed by atoms with van der Waals surface area (Å²) in [4.78, 5) is 0. The molecule has 0 spiro atoms. The molecule has 0 saturated heterocycles. The predicted octanol–water partition coefficient (Wildman–Crippen LogP) is 3.83. The van der Waals surface area contributed by atoms with Crippen LogP contribution in [0.4, 0.5) is 0 Å². The first kappa shape index (κ1) is 15.1. The Kier molecular flexibility index (Phi) is 5.62. The monoisotopic (exact) mass is 333 g/mol. The molecule has 0 amide bonds. The largest absolute Gasteiger partial charge is 0.497 e. The normalized spacial score (nSPS) is 12.2. The molecule has 0 aliphatic heterocycles. The number of rotatable bonds is 6. The van der Waals surface area contributed by atoms with Gasteiger partial charge in [-0.3, -0.25) is 0 Å². The van der Waals surface area contributed by atoms with Gasteiger partial charge < -0.3 is 10.1 Å². The second-order valence-electron chi connectivity index (χ2n) is 4.84. The van der Waals surface area contributed by atoms with E-state index in [0.717, 1.165) is 18.6 Å². The molecule has 0 aliphatic carbocycles. The molecular formula is C17H20BrNO. The van der Waals surface area contributed by atoms with E-state index >= 15 is 0 Å². The fourth-order valence-electron chi connectivity index (χ4n) is 2.29. The van der Waals surface area contributed by atoms with Gasteiger partial charge in [0.15, 0.2) is 0 Å². The highest BCUT2D eigenvalue weighted by molar-refractivity contribution is 9.10. The van der Waals surface area contributed by atoms with Crippen molar-refractivity contribution in [1.29, 1.82) is 0 Å². The number of likely N-dealkylation sites (N-methyl/N-ethyl adjacent to an activating group) is 1. The molecule has 0 aliphatic rings. The summed E-state index contributed by atoms with van der Waals surface area (Å²) in [6.45, 7) is 0. The summed E-state index contributed by atoms with van der Waals surface area (Å²) < 4.78 is 6.45. The van der Waals surface area contributed by atoms with Gasteiger partial charge in [-0.1, -0.05) is 46.3 Å². The van der Waals surface area contributed by atoms with Crippen molar-refractivity contribution in [2.75, 3.05) is 14.2 Å². The fourth-order valence-corrected chi connectivity index (χ4v) is 2.74. The van der Waals surface area contributed by atoms with E-state index in [1.165, 1.54) is 15.6 Å². The zero-order valence-corrected chi connectivity index (χ0v) is 13.5. The molecule has 20 heavy (non-hydrogen) atoms. The zero-order valence-electron chi connectivity index (χ0n) is 11.9. The molecule has 0 heterocycles. The van der Waals surface area contributed by atoms with E-state index < -0.39 is 0 Å². The molecule has 2 aromatic carbocycles. The second kappa shape index (κ2) is 7.46. The minimum atomic E-state index is 0.404. The number of ether oxygens (including phenoxy) is 1. The van der Waals surface area contributed by atoms with Crippen LogP contribution in [0.1, 0.15) is 11.1 Å². The lowest BCUT2D eigenvalue weighted by Gasteiger charge is -2.17. The van der Waals surface area contributed by atoms with E-state index in [1.54, 1.807) is 7.11 Å². The highest BCUT2D eigenvalue weighted by Crippen LogP contribution is 2.20. The van der Waals surface area contributed by atoms with Crippen molar-refractivity contribution in [3.05, 3.63) is 64.1 Å². The summed E-state index contributed by atoms with van der Waals surface area (Å²) in [5.41, 5.74) is 2.62. The Bertz CT molecular complexity index is 556. The maximum Gasteiger partial charge on any atom is 0.119 e. The van der Waals surface area contributed by atoms with Crippen molar-refractivity contribution in [1.82, 2.24) is 5.32 Å². The lowest BCUT2D eigenvalue weighted by molar-refractivity contribution is 0.414. The summed E-state index contributed by atoms with van der Waals surface area (Å²) in [6.07, 6.45) is 1.98. The highest BCUT2D eigenvalue weighted by Gasteiger charge is 2.10. The van der Waals surface area contributed by atoms with Gasteiger partial charge in [0.2, 0.25) is 0 Å². The van der Waals surface area contributed by atoms with Gasteiger partial charge in [0, 0.05) is 10.5 Å². The Labute approximate surface area is 129 Å². The van der Waals surface area contributed by atoms with Crippen LogP contribution in [-0.4, -0.2) is 20.2 Å². The summed E-state index contributed by atoms with van der Waals surface area (Å²) in [7, 11) is 3.72. The average Bonchev–Trinajstić information content (AvgIpc) is 2.49. The van der Waals surface area contributed by atoms with Gasteiger partial charge >= 0.3 is 0 Å². The molecule has 0 bridgehead atoms. The van der Waals surface area contributed by atoms with Crippen molar-refractivity contribution in [2.45, 2.75) is 18.9 Å². The first-order valence-electron chi connectivity index (χ1n) is 6.76. The van der Waals surface area contributed by atoms with E-state index in [0.29, 0.717) is 6.04 Å². The summed E-state index contributed by atoms with van der Waals surface area (Å²) in [6, 6.07) is 17.1. The van der Waals surface area contributed by atoms with Gasteiger partial charge in [-0.15, -0.1) is 0 Å². The molecule has 3 heteroatoms. The molecular weight excluding hydrogens is 314 g/mol. The van der Waals surface area contributed by atoms with Gasteiger partial charge in [-0.2, -0.15) is 0 Å². The number of benzene rings is 2. The molecule has 106 valence electrons. The third-order valence-electron chi connectivity index (χ3n) is 3.45. The van der Waals surface area contributed by atoms with Crippen LogP contribution >= 0.6 is 15.9 Å². The minimum Gasteiger partial charge on any atom is -0.497 e. The lowest BCUT2D eigenvalue weighted by Crippen LogP contribution is -2.30. The van der Waals surface area contributed by atoms with E-state index in [1.807, 2.05) is 25.2 Å². The molecule has 2 nitrogen and oxygen atoms in total. The van der Waals surface area contributed by atoms with E-state index in [2.05, 4.69) is 51.6 Å². The first-order valence-corrected chi connectivity index (χ1v) is 7.56. The molecule has 0 radical (unpaired) electrons. The van der Waals surface area contributed by atoms with Gasteiger partial charge in [-0.05, 0) is 49.2 Å². The van der Waals surface area contributed by atoms with Crippen LogP contribution in [0.25, 0.3) is 0 Å². The van der Waals surface area contributed by atoms with E-state index in [4.69, 9.17) is 4.74 Å². The quantitative estimate of drug-likeness (QED) is 0.867. The van der Waals surface area contributed by atoms with Crippen LogP contribution in [0, 0.1) is 0 Å². The lowest BCUT2D eigenvalue weighted by atomic mass is 9.99. The van der Waals surface area contributed by atoms with Gasteiger partial charge in [0.25, 0.3) is 0 Å². The van der Waals surface area contributed by atoms with Crippen molar-refractivity contribution in [3.63, 3.8) is 0 Å². The smallest absolute Gasteiger partial charge is 0.119 e. The topological polar surface area (TPSA) is 21.3 Å². The van der Waals surface area contributed by atoms with Crippen LogP contribution in [-0.2, 0) is 12.8 Å². The predicted molar refractivity (Wildman–Crippen MR) is 87.4 cm³/mol. The number of methoxy groups -OCH3 is 1. The maximum absolute atomic E-state index is 5.28. The Morgan fingerprint density at radius 2 is 1.90 bits per heavy atom. The highest BCUT2D eigenvalue weighted by atomic mass is 79.9. The second-order valence-corrected chi connectivity index (χ2v) is 5.69. The molecule has 0 fully saturated rings. The van der Waals surface area contributed by atoms with Crippen LogP contribution in [0.15, 0.2) is 53.0 Å². The van der Waals surface area contributed by atoms with Crippen LogP contribution in [0.5, 0.6) is 5.75 Å². The SMILES string of the molecule is CNC(Cc1cccc(OC)c1)Cc1ccccc1Br. The minimum absolute atomic E-state index is 0.404. The summed E-state index contributed by atoms with van der Waals surface area (Å²) >= 11 is 3.61. The van der Waals surface area contributed by atoms with Gasteiger partial charge in [-0.25, -0.2) is 0 Å². The van der Waals surface area contributed by atoms with Crippen LogP contribution in [0.2, 0.25) is 0 Å². The van der Waals surface area contributed by atoms with Crippen molar-refractivity contribution in [3.8, 4) is 5.75 Å². The number of halogens is 1. The Hall–Kier alpha value is -1.32. The van der Waals surface area contributed by atoms with Crippen molar-refractivity contribution < 1.29 is 4.74 Å². The first-order chi connectivity index (χ1) is 9.72. The maximum atomic E-state index is 5.28. The third kappa shape index (κ3) is 4.09. The fraction of sp³-hybridized carbons (Fsp3) is 0.294. The molecule has 1 atom stereocenters. The Morgan fingerprint density at radius 1 is 1.10 bits per heavy atom. The van der Waals surface area contributed by atoms with E-state index in [9.17, 15) is 0 Å². The molecule has 1 N–H and O–H groups in total.